The zero-order chi connectivity index (χ0) is 23.1. The third kappa shape index (κ3) is 4.20. The van der Waals surface area contributed by atoms with Crippen molar-refractivity contribution >= 4 is 45.9 Å². The number of nitrogens with one attached hydrogen (secondary N) is 1. The van der Waals surface area contributed by atoms with Crippen LogP contribution in [0, 0.1) is 0 Å². The minimum Gasteiger partial charge on any atom is -0.478 e. The molecule has 6 N–H and O–H groups in total. The van der Waals surface area contributed by atoms with E-state index in [1.54, 1.807) is 0 Å². The lowest BCUT2D eigenvalue weighted by Crippen LogP contribution is -2.72. The predicted octanol–water partition coefficient (Wildman–Crippen LogP) is -1.26. The Morgan fingerprint density at radius 2 is 2.06 bits per heavy atom. The summed E-state index contributed by atoms with van der Waals surface area (Å²) in [7, 11) is 0. The Morgan fingerprint density at radius 3 is 2.61 bits per heavy atom. The van der Waals surface area contributed by atoms with Crippen LogP contribution >= 0.6 is 11.3 Å². The molecule has 0 radical (unpaired) electrons. The number of thiazole rings is 1. The predicted molar refractivity (Wildman–Crippen MR) is 105 cm³/mol. The van der Waals surface area contributed by atoms with Crippen LogP contribution in [0.4, 0.5) is 5.13 Å². The lowest BCUT2D eigenvalue weighted by molar-refractivity contribution is -0.161. The van der Waals surface area contributed by atoms with Crippen molar-refractivity contribution in [2.45, 2.75) is 44.1 Å². The number of hydrogen-bond donors (Lipinski definition) is 5. The van der Waals surface area contributed by atoms with Gasteiger partial charge in [0.2, 0.25) is 5.60 Å². The van der Waals surface area contributed by atoms with Crippen molar-refractivity contribution in [2.24, 2.45) is 5.16 Å². The van der Waals surface area contributed by atoms with Crippen molar-refractivity contribution in [3.8, 4) is 0 Å². The van der Waals surface area contributed by atoms with Crippen molar-refractivity contribution in [3.63, 3.8) is 0 Å². The van der Waals surface area contributed by atoms with Crippen molar-refractivity contribution in [3.05, 3.63) is 22.8 Å². The topological polar surface area (TPSA) is 205 Å². The molecule has 0 spiro atoms. The molecule has 0 aromatic carbocycles. The lowest BCUT2D eigenvalue weighted by atomic mass is 9.85. The van der Waals surface area contributed by atoms with Crippen molar-refractivity contribution in [1.29, 1.82) is 0 Å². The Labute approximate surface area is 178 Å². The van der Waals surface area contributed by atoms with Crippen molar-refractivity contribution < 1.29 is 39.3 Å². The maximum atomic E-state index is 12.9. The molecule has 1 aromatic heterocycles. The number of β-lactam (4-membered cyclic amide) rings is 1. The van der Waals surface area contributed by atoms with E-state index in [-0.39, 0.29) is 22.9 Å². The molecular formula is C17H19N5O8S. The van der Waals surface area contributed by atoms with Gasteiger partial charge in [0.1, 0.15) is 17.4 Å². The average Bonchev–Trinajstić information content (AvgIpc) is 3.11. The molecule has 0 saturated carbocycles. The maximum absolute atomic E-state index is 12.9. The number of oxime groups is 1. The van der Waals surface area contributed by atoms with Crippen LogP contribution in [0.25, 0.3) is 0 Å². The normalized spacial score (nSPS) is 23.4. The molecule has 14 heteroatoms. The third-order valence-electron chi connectivity index (χ3n) is 4.68. The number of aromatic nitrogens is 1. The fourth-order valence-corrected chi connectivity index (χ4v) is 3.55. The van der Waals surface area contributed by atoms with E-state index in [0.717, 1.165) is 22.3 Å². The number of amides is 2. The second-order valence-electron chi connectivity index (χ2n) is 7.30. The molecule has 2 aliphatic heterocycles. The molecule has 3 atom stereocenters. The number of aliphatic hydroxyl groups excluding tert-OH is 1. The summed E-state index contributed by atoms with van der Waals surface area (Å²) in [5.74, 6) is -4.30. The number of carbonyl (C=O) groups is 4. The smallest absolute Gasteiger partial charge is 0.352 e. The number of nitrogen functional groups attached to an aromatic ring is 1. The second-order valence-corrected chi connectivity index (χ2v) is 8.19. The Morgan fingerprint density at radius 1 is 1.39 bits per heavy atom. The molecule has 0 bridgehead atoms. The van der Waals surface area contributed by atoms with Crippen LogP contribution in [0.5, 0.6) is 0 Å². The van der Waals surface area contributed by atoms with Gasteiger partial charge in [-0.15, -0.1) is 11.3 Å². The second kappa shape index (κ2) is 7.96. The number of hydrogen-bond acceptors (Lipinski definition) is 10. The lowest BCUT2D eigenvalue weighted by Gasteiger charge is -2.49. The summed E-state index contributed by atoms with van der Waals surface area (Å²) in [4.78, 5) is 57.8. The SMILES string of the molecule is CC(C)(ON=C(C(=O)N[C@@H]1C(=O)N2C(C(=O)O)=C[C@@H](O)C[C@H]12)c1csc(N)n1)C(=O)O. The Kier molecular flexibility index (Phi) is 5.69. The fourth-order valence-electron chi connectivity index (χ4n) is 3.00. The largest absolute Gasteiger partial charge is 0.478 e. The Bertz CT molecular complexity index is 1020. The number of carbonyl (C=O) groups excluding carboxylic acids is 2. The highest BCUT2D eigenvalue weighted by Crippen LogP contribution is 2.33. The van der Waals surface area contributed by atoms with Gasteiger partial charge < -0.3 is 31.2 Å². The molecule has 2 aliphatic rings. The number of nitrogens with two attached hydrogens (primary N) is 1. The minimum atomic E-state index is -1.76. The number of aliphatic hydroxyl groups is 1. The summed E-state index contributed by atoms with van der Waals surface area (Å²) in [6, 6.07) is -1.90. The van der Waals surface area contributed by atoms with Crippen LogP contribution in [0.1, 0.15) is 26.0 Å². The summed E-state index contributed by atoms with van der Waals surface area (Å²) in [5.41, 5.74) is 3.04. The Hall–Kier alpha value is -3.52. The minimum absolute atomic E-state index is 0.000355. The van der Waals surface area contributed by atoms with Crippen LogP contribution in [-0.2, 0) is 24.0 Å². The van der Waals surface area contributed by atoms with Gasteiger partial charge in [-0.2, -0.15) is 0 Å². The Balaban J connectivity index is 1.83. The molecule has 2 amide bonds. The van der Waals surface area contributed by atoms with E-state index in [1.165, 1.54) is 19.2 Å². The van der Waals surface area contributed by atoms with E-state index in [2.05, 4.69) is 15.5 Å². The van der Waals surface area contributed by atoms with E-state index in [4.69, 9.17) is 15.7 Å². The summed E-state index contributed by atoms with van der Waals surface area (Å²) in [6.07, 6.45) is -0.0285. The zero-order valence-electron chi connectivity index (χ0n) is 16.3. The highest BCUT2D eigenvalue weighted by molar-refractivity contribution is 7.13. The molecule has 0 aliphatic carbocycles. The van der Waals surface area contributed by atoms with E-state index < -0.39 is 53.3 Å². The number of anilines is 1. The number of carboxylic acids is 2. The fraction of sp³-hybridized carbons (Fsp3) is 0.412. The number of nitrogens with zero attached hydrogens (tertiary/aromatic N) is 3. The van der Waals surface area contributed by atoms with Gasteiger partial charge >= 0.3 is 11.9 Å². The highest BCUT2D eigenvalue weighted by Gasteiger charge is 2.53. The summed E-state index contributed by atoms with van der Waals surface area (Å²) < 4.78 is 0. The van der Waals surface area contributed by atoms with E-state index in [9.17, 15) is 29.4 Å². The first-order valence-electron chi connectivity index (χ1n) is 8.90. The first-order chi connectivity index (χ1) is 14.4. The maximum Gasteiger partial charge on any atom is 0.352 e. The summed E-state index contributed by atoms with van der Waals surface area (Å²) >= 11 is 1.00. The molecule has 1 fully saturated rings. The molecule has 31 heavy (non-hydrogen) atoms. The van der Waals surface area contributed by atoms with E-state index in [0.29, 0.717) is 0 Å². The molecule has 13 nitrogen and oxygen atoms in total. The molecule has 0 unspecified atom stereocenters. The van der Waals surface area contributed by atoms with Gasteiger partial charge in [0.15, 0.2) is 10.8 Å². The molecule has 166 valence electrons. The van der Waals surface area contributed by atoms with Crippen LogP contribution < -0.4 is 11.1 Å². The molecular weight excluding hydrogens is 434 g/mol. The molecule has 3 rings (SSSR count). The van der Waals surface area contributed by atoms with Crippen LogP contribution in [0.2, 0.25) is 0 Å². The van der Waals surface area contributed by atoms with Gasteiger partial charge in [-0.1, -0.05) is 5.16 Å². The van der Waals surface area contributed by atoms with Gasteiger partial charge in [0, 0.05) is 11.8 Å². The van der Waals surface area contributed by atoms with Gasteiger partial charge in [0.05, 0.1) is 12.1 Å². The molecule has 3 heterocycles. The first kappa shape index (κ1) is 22.2. The monoisotopic (exact) mass is 453 g/mol. The quantitative estimate of drug-likeness (QED) is 0.188. The zero-order valence-corrected chi connectivity index (χ0v) is 17.1. The van der Waals surface area contributed by atoms with Crippen LogP contribution in [0.15, 0.2) is 22.3 Å². The van der Waals surface area contributed by atoms with Crippen molar-refractivity contribution in [2.75, 3.05) is 5.73 Å². The van der Waals surface area contributed by atoms with Crippen molar-refractivity contribution in [1.82, 2.24) is 15.2 Å². The van der Waals surface area contributed by atoms with Gasteiger partial charge in [-0.25, -0.2) is 14.6 Å². The van der Waals surface area contributed by atoms with Gasteiger partial charge in [-0.05, 0) is 19.9 Å². The van der Waals surface area contributed by atoms with Crippen LogP contribution in [-0.4, -0.2) is 78.5 Å². The highest BCUT2D eigenvalue weighted by atomic mass is 32.1. The van der Waals surface area contributed by atoms with E-state index >= 15 is 0 Å². The number of rotatable bonds is 7. The molecule has 1 aromatic rings. The van der Waals surface area contributed by atoms with Crippen LogP contribution in [0.3, 0.4) is 0 Å². The summed E-state index contributed by atoms with van der Waals surface area (Å²) in [6.45, 7) is 2.44. The number of aliphatic carboxylic acids is 2. The molecule has 1 saturated heterocycles. The number of fused-ring (bicyclic) bond motifs is 1. The number of carboxylic acid groups (broad SMARTS) is 2. The first-order valence-corrected chi connectivity index (χ1v) is 9.78. The van der Waals surface area contributed by atoms with E-state index in [1.807, 2.05) is 0 Å². The average molecular weight is 453 g/mol. The standard InChI is InChI=1S/C17H19N5O8S/c1-17(2,15(28)29)30-21-10(7-5-31-16(18)19-7)12(24)20-11-8-3-6(23)4-9(14(26)27)22(8)13(11)25/h4-6,8,11,23H,3H2,1-2H3,(H2,18,19)(H,20,24)(H,26,27)(H,28,29)/t6-,8+,11-/m0/s1. The van der Waals surface area contributed by atoms with Gasteiger partial charge in [0.25, 0.3) is 11.8 Å². The summed E-state index contributed by atoms with van der Waals surface area (Å²) in [5, 5.41) is 35.9. The third-order valence-corrected chi connectivity index (χ3v) is 5.35. The van der Waals surface area contributed by atoms with Gasteiger partial charge in [-0.3, -0.25) is 14.5 Å².